The molecule has 0 atom stereocenters. The van der Waals surface area contributed by atoms with Crippen LogP contribution in [0, 0.1) is 0 Å². The van der Waals surface area contributed by atoms with Crippen molar-refractivity contribution in [2.24, 2.45) is 5.10 Å². The molecule has 0 aliphatic carbocycles. The molecule has 0 radical (unpaired) electrons. The van der Waals surface area contributed by atoms with Crippen molar-refractivity contribution in [3.05, 3.63) is 101 Å². The molecule has 0 spiro atoms. The Bertz CT molecular complexity index is 1370. The van der Waals surface area contributed by atoms with Crippen LogP contribution in [0.3, 0.4) is 0 Å². The first kappa shape index (κ1) is 21.8. The van der Waals surface area contributed by atoms with Gasteiger partial charge in [-0.25, -0.2) is 5.43 Å². The highest BCUT2D eigenvalue weighted by Gasteiger charge is 2.14. The third kappa shape index (κ3) is 4.97. The predicted octanol–water partition coefficient (Wildman–Crippen LogP) is 5.49. The molecule has 0 fully saturated rings. The van der Waals surface area contributed by atoms with Crippen LogP contribution in [0.4, 0.5) is 0 Å². The van der Waals surface area contributed by atoms with Crippen molar-refractivity contribution in [3.63, 3.8) is 0 Å². The molecule has 4 aromatic carbocycles. The fourth-order valence-electron chi connectivity index (χ4n) is 3.72. The maximum Gasteiger partial charge on any atom is 0.244 e. The standard InChI is InChI=1S/C27H21ClN2O4/c28-21-9-5-18(6-10-21)16-32-24-12-8-20-3-1-2-4-22(20)23(24)15-29-30-27(31)14-19-7-11-25-26(13-19)34-17-33-25/h1-13,15H,14,16-17H2,(H,30,31)/b29-15-. The number of fused-ring (bicyclic) bond motifs is 2. The van der Waals surface area contributed by atoms with E-state index >= 15 is 0 Å². The lowest BCUT2D eigenvalue weighted by Crippen LogP contribution is -2.19. The van der Waals surface area contributed by atoms with Crippen LogP contribution in [0.25, 0.3) is 10.8 Å². The molecule has 0 saturated carbocycles. The van der Waals surface area contributed by atoms with E-state index in [9.17, 15) is 4.79 Å². The lowest BCUT2D eigenvalue weighted by Gasteiger charge is -2.12. The summed E-state index contributed by atoms with van der Waals surface area (Å²) in [6.07, 6.45) is 1.79. The van der Waals surface area contributed by atoms with Gasteiger partial charge in [-0.2, -0.15) is 5.10 Å². The van der Waals surface area contributed by atoms with Crippen LogP contribution in [-0.4, -0.2) is 18.9 Å². The topological polar surface area (TPSA) is 69.2 Å². The maximum absolute atomic E-state index is 12.5. The molecule has 34 heavy (non-hydrogen) atoms. The highest BCUT2D eigenvalue weighted by molar-refractivity contribution is 6.30. The Morgan fingerprint density at radius 1 is 0.971 bits per heavy atom. The van der Waals surface area contributed by atoms with Gasteiger partial charge in [-0.05, 0) is 52.2 Å². The minimum atomic E-state index is -0.237. The van der Waals surface area contributed by atoms with Gasteiger partial charge in [-0.15, -0.1) is 0 Å². The number of halogens is 1. The van der Waals surface area contributed by atoms with Gasteiger partial charge in [0.2, 0.25) is 12.7 Å². The van der Waals surface area contributed by atoms with Crippen LogP contribution >= 0.6 is 11.6 Å². The van der Waals surface area contributed by atoms with Crippen molar-refractivity contribution >= 4 is 34.5 Å². The first-order chi connectivity index (χ1) is 16.7. The zero-order chi connectivity index (χ0) is 23.3. The molecule has 1 aliphatic rings. The van der Waals surface area contributed by atoms with Gasteiger partial charge >= 0.3 is 0 Å². The number of carbonyl (C=O) groups excluding carboxylic acids is 1. The number of amides is 1. The van der Waals surface area contributed by atoms with Crippen molar-refractivity contribution in [3.8, 4) is 17.2 Å². The van der Waals surface area contributed by atoms with Crippen molar-refractivity contribution in [1.82, 2.24) is 5.43 Å². The van der Waals surface area contributed by atoms with Gasteiger partial charge in [-0.3, -0.25) is 4.79 Å². The van der Waals surface area contributed by atoms with Gasteiger partial charge in [0.15, 0.2) is 11.5 Å². The van der Waals surface area contributed by atoms with E-state index in [0.717, 1.165) is 27.5 Å². The highest BCUT2D eigenvalue weighted by atomic mass is 35.5. The number of hydrazone groups is 1. The largest absolute Gasteiger partial charge is 0.488 e. The third-order valence-electron chi connectivity index (χ3n) is 5.42. The van der Waals surface area contributed by atoms with E-state index in [-0.39, 0.29) is 19.1 Å². The molecule has 0 bridgehead atoms. The first-order valence-corrected chi connectivity index (χ1v) is 11.1. The van der Waals surface area contributed by atoms with Crippen LogP contribution in [0.2, 0.25) is 5.02 Å². The SMILES string of the molecule is O=C(Cc1ccc2c(c1)OCO2)N/N=C\c1c(OCc2ccc(Cl)cc2)ccc2ccccc12. The Balaban J connectivity index is 1.31. The Hall–Kier alpha value is -4.03. The average molecular weight is 473 g/mol. The van der Waals surface area contributed by atoms with E-state index in [1.807, 2.05) is 66.7 Å². The van der Waals surface area contributed by atoms with Crippen LogP contribution in [-0.2, 0) is 17.8 Å². The Morgan fingerprint density at radius 3 is 2.65 bits per heavy atom. The van der Waals surface area contributed by atoms with Crippen molar-refractivity contribution in [1.29, 1.82) is 0 Å². The zero-order valence-corrected chi connectivity index (χ0v) is 18.9. The molecule has 1 aliphatic heterocycles. The molecule has 1 N–H and O–H groups in total. The molecule has 0 saturated heterocycles. The van der Waals surface area contributed by atoms with E-state index in [1.165, 1.54) is 0 Å². The summed E-state index contributed by atoms with van der Waals surface area (Å²) in [5.41, 5.74) is 5.21. The number of nitrogens with zero attached hydrogens (tertiary/aromatic N) is 1. The summed E-state index contributed by atoms with van der Waals surface area (Å²) >= 11 is 5.97. The summed E-state index contributed by atoms with van der Waals surface area (Å²) in [5.74, 6) is 1.76. The van der Waals surface area contributed by atoms with Crippen LogP contribution in [0.5, 0.6) is 17.2 Å². The minimum absolute atomic E-state index is 0.170. The predicted molar refractivity (Wildman–Crippen MR) is 132 cm³/mol. The smallest absolute Gasteiger partial charge is 0.244 e. The molecule has 7 heteroatoms. The number of ether oxygens (including phenoxy) is 3. The number of carbonyl (C=O) groups is 1. The fourth-order valence-corrected chi connectivity index (χ4v) is 3.85. The second-order valence-electron chi connectivity index (χ2n) is 7.77. The summed E-state index contributed by atoms with van der Waals surface area (Å²) < 4.78 is 16.8. The number of benzene rings is 4. The quantitative estimate of drug-likeness (QED) is 0.285. The van der Waals surface area contributed by atoms with E-state index in [2.05, 4.69) is 10.5 Å². The van der Waals surface area contributed by atoms with Gasteiger partial charge in [0.1, 0.15) is 12.4 Å². The van der Waals surface area contributed by atoms with Crippen molar-refractivity contribution < 1.29 is 19.0 Å². The zero-order valence-electron chi connectivity index (χ0n) is 18.2. The second-order valence-corrected chi connectivity index (χ2v) is 8.21. The fraction of sp³-hybridized carbons (Fsp3) is 0.111. The molecule has 1 amide bonds. The van der Waals surface area contributed by atoms with Crippen molar-refractivity contribution in [2.75, 3.05) is 6.79 Å². The van der Waals surface area contributed by atoms with E-state index in [4.69, 9.17) is 25.8 Å². The minimum Gasteiger partial charge on any atom is -0.488 e. The van der Waals surface area contributed by atoms with Gasteiger partial charge in [0.05, 0.1) is 12.6 Å². The lowest BCUT2D eigenvalue weighted by molar-refractivity contribution is -0.120. The molecule has 170 valence electrons. The van der Waals surface area contributed by atoms with Gasteiger partial charge in [0.25, 0.3) is 0 Å². The van der Waals surface area contributed by atoms with Crippen molar-refractivity contribution in [2.45, 2.75) is 13.0 Å². The summed E-state index contributed by atoms with van der Waals surface area (Å²) in [5, 5.41) is 6.92. The second kappa shape index (κ2) is 9.85. The van der Waals surface area contributed by atoms with Crippen LogP contribution in [0.15, 0.2) is 84.0 Å². The summed E-state index contributed by atoms with van der Waals surface area (Å²) in [7, 11) is 0. The summed E-state index contributed by atoms with van der Waals surface area (Å²) in [6.45, 7) is 0.579. The summed E-state index contributed by atoms with van der Waals surface area (Å²) in [6, 6.07) is 24.8. The molecule has 4 aromatic rings. The average Bonchev–Trinajstić information content (AvgIpc) is 3.32. The highest BCUT2D eigenvalue weighted by Crippen LogP contribution is 2.32. The molecular formula is C27H21ClN2O4. The van der Waals surface area contributed by atoms with Crippen LogP contribution in [0.1, 0.15) is 16.7 Å². The monoisotopic (exact) mass is 472 g/mol. The Labute approximate surface area is 201 Å². The lowest BCUT2D eigenvalue weighted by atomic mass is 10.0. The maximum atomic E-state index is 12.5. The van der Waals surface area contributed by atoms with Gasteiger partial charge in [0, 0.05) is 10.6 Å². The molecule has 0 aromatic heterocycles. The third-order valence-corrected chi connectivity index (χ3v) is 5.67. The molecule has 1 heterocycles. The number of hydrogen-bond donors (Lipinski definition) is 1. The first-order valence-electron chi connectivity index (χ1n) is 10.8. The Morgan fingerprint density at radius 2 is 1.76 bits per heavy atom. The molecule has 5 rings (SSSR count). The normalized spacial score (nSPS) is 12.3. The molecule has 0 unspecified atom stereocenters. The summed E-state index contributed by atoms with van der Waals surface area (Å²) in [4.78, 5) is 12.5. The Kier molecular flexibility index (Phi) is 6.31. The van der Waals surface area contributed by atoms with Gasteiger partial charge < -0.3 is 14.2 Å². The number of rotatable bonds is 7. The van der Waals surface area contributed by atoms with E-state index in [1.54, 1.807) is 18.3 Å². The van der Waals surface area contributed by atoms with E-state index in [0.29, 0.717) is 28.9 Å². The van der Waals surface area contributed by atoms with Gasteiger partial charge in [-0.1, -0.05) is 60.1 Å². The van der Waals surface area contributed by atoms with Crippen LogP contribution < -0.4 is 19.6 Å². The number of hydrogen-bond acceptors (Lipinski definition) is 5. The molecule has 6 nitrogen and oxygen atoms in total. The molecular weight excluding hydrogens is 452 g/mol. The van der Waals surface area contributed by atoms with E-state index < -0.39 is 0 Å². The number of nitrogens with one attached hydrogen (secondary N) is 1.